The number of aliphatic hydroxyl groups excluding tert-OH is 2. The monoisotopic (exact) mass is 1640 g/mol. The number of alkyl halides is 2. The van der Waals surface area contributed by atoms with Crippen molar-refractivity contribution in [1.82, 2.24) is 26.6 Å². The largest absolute Gasteiger partial charge is 0.390 e. The number of ketones is 2. The van der Waals surface area contributed by atoms with Crippen LogP contribution < -0.4 is 26.6 Å². The third-order valence-corrected chi connectivity index (χ3v) is 21.3. The van der Waals surface area contributed by atoms with E-state index in [2.05, 4.69) is 42.5 Å². The maximum atomic E-state index is 17.8. The van der Waals surface area contributed by atoms with Gasteiger partial charge in [-0.3, -0.25) is 33.6 Å². The standard InChI is InChI=1S/C79H119BrFN5O25/c1-56(72(93)83-55-109-54-60-11-9-58(10-12-60)48-59-13-15-61(16-14-59)75-110-69-50-65-64-18-17-62-49-63(88)19-21-76(62,3)78(64,81)67(89)51-77(65,4)79(69,111-75)68(90)53-87)84-73(94)57(2)85-74(95)66(86-71(92)52-80)8-6-7-22-82-70(91)20-23-97-26-27-99-30-31-101-34-35-103-38-39-105-42-43-107-46-47-108-45-44-106-41-40-104-37-36-102-33-32-100-29-28-98-25-24-96-5/h9-16,19,21,49,56-57,64-67,69,75,87,89H,6-8,17-18,20,22-48,50-55H2,1-5H3,(H,82,91)(H,83,93)(H,84,94)(H,85,95)(H,86,92)/t56-,57-,64-,65-,66-,67-,69+,75+,76-,77-,78-,79+/m0/s1. The zero-order chi connectivity index (χ0) is 79.8. The third kappa shape index (κ3) is 28.3. The van der Waals surface area contributed by atoms with Crippen LogP contribution in [0, 0.1) is 22.7 Å². The molecule has 2 aromatic carbocycles. The number of nitrogens with one attached hydrogen (secondary N) is 5. The molecule has 0 spiro atoms. The minimum absolute atomic E-state index is 0.0494. The Balaban J connectivity index is 0.642. The van der Waals surface area contributed by atoms with Crippen LogP contribution in [0.2, 0.25) is 0 Å². The van der Waals surface area contributed by atoms with Crippen LogP contribution in [0.25, 0.3) is 0 Å². The molecule has 7 rings (SSSR count). The van der Waals surface area contributed by atoms with Crippen molar-refractivity contribution in [3.8, 4) is 0 Å². The highest BCUT2D eigenvalue weighted by atomic mass is 79.9. The first-order chi connectivity index (χ1) is 53.7. The van der Waals surface area contributed by atoms with E-state index in [1.807, 2.05) is 55.5 Å². The molecule has 4 fully saturated rings. The molecule has 12 atom stereocenters. The molecule has 30 nitrogen and oxygen atoms in total. The molecular weight excluding hydrogens is 1520 g/mol. The maximum Gasteiger partial charge on any atom is 0.244 e. The number of carbonyl (C=O) groups is 7. The van der Waals surface area contributed by atoms with Crippen LogP contribution >= 0.6 is 15.9 Å². The Morgan fingerprint density at radius 1 is 0.595 bits per heavy atom. The average molecular weight is 1640 g/mol. The molecule has 1 heterocycles. The number of fused-ring (bicyclic) bond motifs is 7. The highest BCUT2D eigenvalue weighted by Crippen LogP contribution is 2.72. The first-order valence-electron chi connectivity index (χ1n) is 38.7. The van der Waals surface area contributed by atoms with Gasteiger partial charge in [0, 0.05) is 42.4 Å². The van der Waals surface area contributed by atoms with Gasteiger partial charge in [0.15, 0.2) is 29.1 Å². The Kier molecular flexibility index (Phi) is 41.6. The van der Waals surface area contributed by atoms with E-state index in [1.165, 1.54) is 26.0 Å². The lowest BCUT2D eigenvalue weighted by atomic mass is 9.44. The van der Waals surface area contributed by atoms with Gasteiger partial charge >= 0.3 is 0 Å². The summed E-state index contributed by atoms with van der Waals surface area (Å²) in [5.74, 6) is -4.21. The van der Waals surface area contributed by atoms with Crippen molar-refractivity contribution in [2.24, 2.45) is 22.7 Å². The first kappa shape index (κ1) is 92.5. The SMILES string of the molecule is COCCOCCOCCOCCOCCOCCOCCOCCOCCOCCOCCOCCOCCC(=O)NCCCC[C@H](NC(=O)CBr)C(=O)N[C@@H](C)C(=O)N[C@@H](C)C(=O)NCOCc1ccc(Cc2ccc([C@@H]3O[C@@H]4C[C@H]5[C@@H]6CCC7=CC(=O)C=C[C@]7(C)[C@@]6(F)[C@@H](O)C[C@]5(C)[C@]4(C(=O)CO)O3)cc2)cc1. The second-order valence-corrected chi connectivity index (χ2v) is 28.9. The van der Waals surface area contributed by atoms with E-state index in [0.29, 0.717) is 215 Å². The Hall–Kier alpha value is -5.70. The Labute approximate surface area is 659 Å². The molecular formula is C79H119BrFN5O25. The van der Waals surface area contributed by atoms with Gasteiger partial charge < -0.3 is 113 Å². The molecule has 32 heteroatoms. The molecule has 2 aromatic rings. The molecule has 1 saturated heterocycles. The number of Topliss-reactive ketones (excluding diaryl/α,β-unsaturated/α-hetero) is 1. The summed E-state index contributed by atoms with van der Waals surface area (Å²) >= 11 is 3.11. The predicted molar refractivity (Wildman–Crippen MR) is 405 cm³/mol. The van der Waals surface area contributed by atoms with Crippen LogP contribution in [0.3, 0.4) is 0 Å². The minimum Gasteiger partial charge on any atom is -0.390 e. The molecule has 5 aliphatic rings. The van der Waals surface area contributed by atoms with Crippen molar-refractivity contribution in [1.29, 1.82) is 0 Å². The highest BCUT2D eigenvalue weighted by molar-refractivity contribution is 9.09. The predicted octanol–water partition coefficient (Wildman–Crippen LogP) is 3.97. The third-order valence-electron chi connectivity index (χ3n) is 20.8. The topological polar surface area (TPSA) is 368 Å². The van der Waals surface area contributed by atoms with Crippen LogP contribution in [0.15, 0.2) is 72.3 Å². The van der Waals surface area contributed by atoms with Crippen molar-refractivity contribution < 1.29 is 124 Å². The lowest BCUT2D eigenvalue weighted by Crippen LogP contribution is -2.69. The van der Waals surface area contributed by atoms with Crippen molar-refractivity contribution >= 4 is 57.0 Å². The second kappa shape index (κ2) is 49.9. The van der Waals surface area contributed by atoms with Gasteiger partial charge in [0.05, 0.1) is 189 Å². The number of rotatable bonds is 60. The van der Waals surface area contributed by atoms with Gasteiger partial charge in [0.1, 0.15) is 31.5 Å². The number of amides is 5. The fourth-order valence-corrected chi connectivity index (χ4v) is 15.0. The van der Waals surface area contributed by atoms with Crippen molar-refractivity contribution in [2.45, 2.75) is 140 Å². The summed E-state index contributed by atoms with van der Waals surface area (Å²) in [6.45, 7) is 17.3. The van der Waals surface area contributed by atoms with Crippen molar-refractivity contribution in [2.75, 3.05) is 197 Å². The quantitative estimate of drug-likeness (QED) is 0.0280. The van der Waals surface area contributed by atoms with E-state index in [4.69, 9.17) is 75.8 Å². The lowest BCUT2D eigenvalue weighted by Gasteiger charge is -2.62. The number of allylic oxidation sites excluding steroid dienone is 4. The van der Waals surface area contributed by atoms with Gasteiger partial charge in [-0.05, 0) is 107 Å². The summed E-state index contributed by atoms with van der Waals surface area (Å²) in [4.78, 5) is 90.6. The molecule has 111 heavy (non-hydrogen) atoms. The number of carbonyl (C=O) groups excluding carboxylic acids is 7. The van der Waals surface area contributed by atoms with Crippen LogP contribution in [-0.2, 0) is 122 Å². The molecule has 0 aromatic heterocycles. The van der Waals surface area contributed by atoms with E-state index in [9.17, 15) is 43.8 Å². The number of hydrogen-bond donors (Lipinski definition) is 7. The van der Waals surface area contributed by atoms with Crippen LogP contribution in [-0.4, -0.2) is 290 Å². The molecule has 0 bridgehead atoms. The van der Waals surface area contributed by atoms with Gasteiger partial charge in [-0.2, -0.15) is 0 Å². The number of aliphatic hydroxyl groups is 2. The summed E-state index contributed by atoms with van der Waals surface area (Å²) in [6.07, 6.45) is 4.21. The second-order valence-electron chi connectivity index (χ2n) is 28.3. The number of ether oxygens (including phenoxy) is 16. The smallest absolute Gasteiger partial charge is 0.244 e. The molecule has 7 N–H and O–H groups in total. The van der Waals surface area contributed by atoms with E-state index in [0.717, 1.165) is 16.7 Å². The van der Waals surface area contributed by atoms with Crippen LogP contribution in [0.5, 0.6) is 0 Å². The number of halogens is 2. The number of methoxy groups -OCH3 is 1. The Morgan fingerprint density at radius 3 is 1.58 bits per heavy atom. The molecule has 0 unspecified atom stereocenters. The summed E-state index contributed by atoms with van der Waals surface area (Å²) < 4.78 is 108. The molecule has 1 aliphatic heterocycles. The van der Waals surface area contributed by atoms with Gasteiger partial charge in [-0.1, -0.05) is 83.0 Å². The van der Waals surface area contributed by atoms with Crippen LogP contribution in [0.1, 0.15) is 108 Å². The van der Waals surface area contributed by atoms with Gasteiger partial charge in [-0.15, -0.1) is 0 Å². The maximum absolute atomic E-state index is 17.8. The fraction of sp³-hybridized carbons (Fsp3) is 0.709. The summed E-state index contributed by atoms with van der Waals surface area (Å²) in [5, 5.41) is 35.6. The number of hydrogen-bond acceptors (Lipinski definition) is 25. The van der Waals surface area contributed by atoms with E-state index in [-0.39, 0.29) is 56.2 Å². The lowest BCUT2D eigenvalue weighted by molar-refractivity contribution is -0.231. The summed E-state index contributed by atoms with van der Waals surface area (Å²) in [6, 6.07) is 12.4. The van der Waals surface area contributed by atoms with E-state index < -0.39 is 107 Å². The van der Waals surface area contributed by atoms with Crippen molar-refractivity contribution in [3.63, 3.8) is 0 Å². The zero-order valence-electron chi connectivity index (χ0n) is 65.1. The van der Waals surface area contributed by atoms with Gasteiger partial charge in [0.25, 0.3) is 0 Å². The average Bonchev–Trinajstić information content (AvgIpc) is 1.54. The van der Waals surface area contributed by atoms with Gasteiger partial charge in [0.2, 0.25) is 29.5 Å². The molecule has 3 saturated carbocycles. The highest BCUT2D eigenvalue weighted by Gasteiger charge is 2.79. The van der Waals surface area contributed by atoms with Gasteiger partial charge in [-0.25, -0.2) is 4.39 Å². The normalized spacial score (nSPS) is 23.8. The molecule has 0 radical (unpaired) electrons. The molecule has 5 amide bonds. The first-order valence-corrected chi connectivity index (χ1v) is 39.8. The summed E-state index contributed by atoms with van der Waals surface area (Å²) in [7, 11) is 1.63. The molecule has 624 valence electrons. The number of benzene rings is 2. The number of unbranched alkanes of at least 4 members (excludes halogenated alkanes) is 1. The minimum atomic E-state index is -2.10. The van der Waals surface area contributed by atoms with Crippen molar-refractivity contribution in [3.05, 3.63) is 94.6 Å². The Bertz CT molecular complexity index is 3200. The zero-order valence-corrected chi connectivity index (χ0v) is 66.7. The van der Waals surface area contributed by atoms with Crippen LogP contribution in [0.4, 0.5) is 4.39 Å². The summed E-state index contributed by atoms with van der Waals surface area (Å²) in [5.41, 5.74) is -1.82. The fourth-order valence-electron chi connectivity index (χ4n) is 14.9. The Morgan fingerprint density at radius 2 is 1.07 bits per heavy atom. The van der Waals surface area contributed by atoms with E-state index >= 15 is 4.39 Å². The van der Waals surface area contributed by atoms with E-state index in [1.54, 1.807) is 20.1 Å². The molecule has 4 aliphatic carbocycles.